The molecule has 0 unspecified atom stereocenters. The summed E-state index contributed by atoms with van der Waals surface area (Å²) in [6.45, 7) is 1.50. The second-order valence-corrected chi connectivity index (χ2v) is 9.21. The number of nitrogens with two attached hydrogens (primary N) is 1. The topological polar surface area (TPSA) is 102 Å². The van der Waals surface area contributed by atoms with Crippen LogP contribution in [0, 0.1) is 11.2 Å². The number of amides is 1. The zero-order valence-corrected chi connectivity index (χ0v) is 20.1. The fourth-order valence-corrected chi connectivity index (χ4v) is 3.94. The summed E-state index contributed by atoms with van der Waals surface area (Å²) >= 11 is 5.98. The molecule has 4 N–H and O–H groups in total. The van der Waals surface area contributed by atoms with Crippen molar-refractivity contribution in [3.8, 4) is 11.1 Å². The zero-order valence-electron chi connectivity index (χ0n) is 19.3. The summed E-state index contributed by atoms with van der Waals surface area (Å²) in [4.78, 5) is 24.0. The van der Waals surface area contributed by atoms with Gasteiger partial charge in [-0.2, -0.15) is 0 Å². The van der Waals surface area contributed by atoms with E-state index in [2.05, 4.69) is 5.32 Å². The highest BCUT2D eigenvalue weighted by atomic mass is 35.5. The van der Waals surface area contributed by atoms with Gasteiger partial charge in [-0.3, -0.25) is 4.79 Å². The Morgan fingerprint density at radius 3 is 2.43 bits per heavy atom. The second-order valence-electron chi connectivity index (χ2n) is 8.77. The molecule has 1 amide bonds. The van der Waals surface area contributed by atoms with Crippen LogP contribution in [0.2, 0.25) is 5.02 Å². The Morgan fingerprint density at radius 1 is 1.09 bits per heavy atom. The number of benzene rings is 3. The van der Waals surface area contributed by atoms with Crippen molar-refractivity contribution in [2.45, 2.75) is 32.4 Å². The summed E-state index contributed by atoms with van der Waals surface area (Å²) in [7, 11) is 0. The predicted octanol–water partition coefficient (Wildman–Crippen LogP) is 5.42. The van der Waals surface area contributed by atoms with E-state index in [0.717, 1.165) is 11.1 Å². The van der Waals surface area contributed by atoms with Crippen LogP contribution in [0.1, 0.15) is 24.5 Å². The predicted molar refractivity (Wildman–Crippen MR) is 134 cm³/mol. The molecule has 0 aliphatic rings. The van der Waals surface area contributed by atoms with Gasteiger partial charge in [-0.05, 0) is 54.7 Å². The Labute approximate surface area is 208 Å². The standard InChI is InChI=1S/C27H28ClFN2O4/c1-27(25(32)33,17-31-26(34)35-16-19-5-3-2-4-6-19)15-22(30)13-18-7-9-20(10-8-18)23-14-21(28)11-12-24(23)29/h2-12,14,22H,13,15-17,30H2,1H3,(H,31,34)(H,32,33)/t22-,27+/m1/s1. The first kappa shape index (κ1) is 26.2. The van der Waals surface area contributed by atoms with Crippen molar-refractivity contribution in [2.24, 2.45) is 11.1 Å². The van der Waals surface area contributed by atoms with Crippen molar-refractivity contribution in [3.05, 3.63) is 94.8 Å². The Morgan fingerprint density at radius 2 is 1.77 bits per heavy atom. The van der Waals surface area contributed by atoms with Crippen molar-refractivity contribution in [1.29, 1.82) is 0 Å². The molecule has 0 bridgehead atoms. The van der Waals surface area contributed by atoms with Gasteiger partial charge in [-0.1, -0.05) is 66.2 Å². The minimum Gasteiger partial charge on any atom is -0.481 e. The van der Waals surface area contributed by atoms with Gasteiger partial charge in [0.05, 0.1) is 5.41 Å². The Hall–Kier alpha value is -3.42. The van der Waals surface area contributed by atoms with Crippen LogP contribution >= 0.6 is 11.6 Å². The number of carboxylic acid groups (broad SMARTS) is 1. The van der Waals surface area contributed by atoms with Crippen LogP contribution in [0.3, 0.4) is 0 Å². The lowest BCUT2D eigenvalue weighted by Gasteiger charge is -2.28. The van der Waals surface area contributed by atoms with E-state index >= 15 is 0 Å². The lowest BCUT2D eigenvalue weighted by Crippen LogP contribution is -2.45. The molecule has 2 atom stereocenters. The highest BCUT2D eigenvalue weighted by molar-refractivity contribution is 6.30. The third-order valence-corrected chi connectivity index (χ3v) is 5.99. The molecule has 0 saturated heterocycles. The quantitative estimate of drug-likeness (QED) is 0.346. The molecule has 3 aromatic rings. The van der Waals surface area contributed by atoms with Gasteiger partial charge < -0.3 is 20.9 Å². The molecule has 0 aliphatic heterocycles. The van der Waals surface area contributed by atoms with E-state index in [0.29, 0.717) is 22.6 Å². The number of carbonyl (C=O) groups excluding carboxylic acids is 1. The van der Waals surface area contributed by atoms with Crippen LogP contribution in [0.4, 0.5) is 9.18 Å². The molecule has 8 heteroatoms. The molecular formula is C27H28ClFN2O4. The molecule has 0 spiro atoms. The zero-order chi connectivity index (χ0) is 25.4. The molecule has 6 nitrogen and oxygen atoms in total. The first-order valence-corrected chi connectivity index (χ1v) is 11.5. The largest absolute Gasteiger partial charge is 0.481 e. The maximum absolute atomic E-state index is 14.1. The molecule has 0 heterocycles. The fourth-order valence-electron chi connectivity index (χ4n) is 3.77. The normalized spacial score (nSPS) is 13.5. The molecule has 0 aliphatic carbocycles. The van der Waals surface area contributed by atoms with E-state index in [1.54, 1.807) is 18.2 Å². The van der Waals surface area contributed by atoms with Crippen molar-refractivity contribution in [1.82, 2.24) is 5.32 Å². The van der Waals surface area contributed by atoms with Crippen LogP contribution in [0.5, 0.6) is 0 Å². The minimum absolute atomic E-state index is 0.0883. The highest BCUT2D eigenvalue weighted by Crippen LogP contribution is 2.28. The fraction of sp³-hybridized carbons (Fsp3) is 0.259. The Bertz CT molecular complexity index is 1160. The maximum Gasteiger partial charge on any atom is 0.407 e. The monoisotopic (exact) mass is 498 g/mol. The van der Waals surface area contributed by atoms with Gasteiger partial charge in [0.2, 0.25) is 0 Å². The van der Waals surface area contributed by atoms with Gasteiger partial charge in [0.25, 0.3) is 0 Å². The second kappa shape index (κ2) is 11.8. The molecule has 3 rings (SSSR count). The van der Waals surface area contributed by atoms with E-state index in [4.69, 9.17) is 22.1 Å². The first-order valence-electron chi connectivity index (χ1n) is 11.1. The Balaban J connectivity index is 1.55. The number of aliphatic carboxylic acids is 1. The molecule has 0 fully saturated rings. The number of carbonyl (C=O) groups is 2. The summed E-state index contributed by atoms with van der Waals surface area (Å²) in [6.07, 6.45) is -0.148. The van der Waals surface area contributed by atoms with E-state index < -0.39 is 23.5 Å². The number of halogens is 2. The molecule has 35 heavy (non-hydrogen) atoms. The summed E-state index contributed by atoms with van der Waals surface area (Å²) < 4.78 is 19.3. The van der Waals surface area contributed by atoms with E-state index in [1.165, 1.54) is 19.1 Å². The summed E-state index contributed by atoms with van der Waals surface area (Å²) in [5, 5.41) is 12.8. The van der Waals surface area contributed by atoms with Crippen molar-refractivity contribution >= 4 is 23.7 Å². The lowest BCUT2D eigenvalue weighted by molar-refractivity contribution is -0.148. The summed E-state index contributed by atoms with van der Waals surface area (Å²) in [6, 6.07) is 20.3. The van der Waals surface area contributed by atoms with E-state index in [-0.39, 0.29) is 25.4 Å². The molecule has 0 saturated carbocycles. The number of alkyl carbamates (subject to hydrolysis) is 1. The third kappa shape index (κ3) is 7.53. The van der Waals surface area contributed by atoms with Gasteiger partial charge in [0, 0.05) is 23.2 Å². The van der Waals surface area contributed by atoms with Gasteiger partial charge >= 0.3 is 12.1 Å². The number of hydrogen-bond acceptors (Lipinski definition) is 4. The number of rotatable bonds is 10. The van der Waals surface area contributed by atoms with Crippen LogP contribution in [-0.2, 0) is 22.6 Å². The molecule has 184 valence electrons. The van der Waals surface area contributed by atoms with E-state index in [9.17, 15) is 19.1 Å². The van der Waals surface area contributed by atoms with Crippen molar-refractivity contribution in [3.63, 3.8) is 0 Å². The summed E-state index contributed by atoms with van der Waals surface area (Å²) in [5.41, 5.74) is 7.78. The minimum atomic E-state index is -1.28. The van der Waals surface area contributed by atoms with Crippen LogP contribution in [-0.4, -0.2) is 29.8 Å². The van der Waals surface area contributed by atoms with Gasteiger partial charge in [0.15, 0.2) is 0 Å². The van der Waals surface area contributed by atoms with Gasteiger partial charge in [-0.15, -0.1) is 0 Å². The first-order chi connectivity index (χ1) is 16.7. The number of carboxylic acids is 1. The lowest BCUT2D eigenvalue weighted by atomic mass is 9.82. The smallest absolute Gasteiger partial charge is 0.407 e. The average molecular weight is 499 g/mol. The van der Waals surface area contributed by atoms with Crippen molar-refractivity contribution < 1.29 is 23.8 Å². The molecule has 3 aromatic carbocycles. The van der Waals surface area contributed by atoms with Crippen LogP contribution < -0.4 is 11.1 Å². The maximum atomic E-state index is 14.1. The van der Waals surface area contributed by atoms with E-state index in [1.807, 2.05) is 42.5 Å². The molecule has 0 radical (unpaired) electrons. The molecular weight excluding hydrogens is 471 g/mol. The molecule has 0 aromatic heterocycles. The number of ether oxygens (including phenoxy) is 1. The summed E-state index contributed by atoms with van der Waals surface area (Å²) in [5.74, 6) is -1.44. The average Bonchev–Trinajstić information content (AvgIpc) is 2.84. The Kier molecular flexibility index (Phi) is 8.84. The van der Waals surface area contributed by atoms with Crippen LogP contribution in [0.25, 0.3) is 11.1 Å². The number of hydrogen-bond donors (Lipinski definition) is 3. The van der Waals surface area contributed by atoms with Crippen LogP contribution in [0.15, 0.2) is 72.8 Å². The highest BCUT2D eigenvalue weighted by Gasteiger charge is 2.35. The van der Waals surface area contributed by atoms with Gasteiger partial charge in [0.1, 0.15) is 12.4 Å². The number of nitrogens with one attached hydrogen (secondary N) is 1. The third-order valence-electron chi connectivity index (χ3n) is 5.76. The van der Waals surface area contributed by atoms with Gasteiger partial charge in [-0.25, -0.2) is 9.18 Å². The SMILES string of the molecule is C[C@@](CNC(=O)OCc1ccccc1)(C[C@H](N)Cc1ccc(-c2cc(Cl)ccc2F)cc1)C(=O)O. The van der Waals surface area contributed by atoms with Crippen molar-refractivity contribution in [2.75, 3.05) is 6.54 Å².